The minimum Gasteiger partial charge on any atom is -0.457 e. The van der Waals surface area contributed by atoms with Gasteiger partial charge in [0, 0.05) is 65.6 Å². The number of aromatic nitrogens is 2. The van der Waals surface area contributed by atoms with Gasteiger partial charge in [0.05, 0.1) is 49.1 Å². The molecular formula is C49H59Cl2FN6O6. The maximum absolute atomic E-state index is 16.2. The van der Waals surface area contributed by atoms with E-state index in [0.29, 0.717) is 49.5 Å². The number of rotatable bonds is 12. The van der Waals surface area contributed by atoms with Gasteiger partial charge in [-0.05, 0) is 113 Å². The van der Waals surface area contributed by atoms with Crippen LogP contribution in [0.4, 0.5) is 4.39 Å². The molecule has 7 rings (SSSR count). The number of nitrogens with one attached hydrogen (secondary N) is 2. The number of piperidine rings is 1. The predicted octanol–water partition coefficient (Wildman–Crippen LogP) is 8.04. The maximum Gasteiger partial charge on any atom is 0.226 e. The van der Waals surface area contributed by atoms with Crippen molar-refractivity contribution in [2.45, 2.75) is 109 Å². The van der Waals surface area contributed by atoms with E-state index in [0.717, 1.165) is 41.6 Å². The second-order valence-corrected chi connectivity index (χ2v) is 19.8. The molecule has 12 nitrogen and oxygen atoms in total. The molecule has 3 N–H and O–H groups in total. The van der Waals surface area contributed by atoms with E-state index in [1.54, 1.807) is 35.4 Å². The first kappa shape index (κ1) is 47.2. The first-order valence-electron chi connectivity index (χ1n) is 22.2. The normalized spacial score (nSPS) is 22.7. The van der Waals surface area contributed by atoms with Crippen LogP contribution in [0.25, 0.3) is 11.3 Å². The molecule has 0 unspecified atom stereocenters. The van der Waals surface area contributed by atoms with E-state index in [1.807, 2.05) is 35.9 Å². The lowest BCUT2D eigenvalue weighted by Gasteiger charge is -2.45. The van der Waals surface area contributed by atoms with Crippen molar-refractivity contribution in [2.75, 3.05) is 19.7 Å². The summed E-state index contributed by atoms with van der Waals surface area (Å²) >= 11 is 12.6. The molecule has 3 aliphatic rings. The van der Waals surface area contributed by atoms with Crippen LogP contribution in [-0.4, -0.2) is 84.8 Å². The van der Waals surface area contributed by atoms with Crippen molar-refractivity contribution < 1.29 is 33.4 Å². The van der Waals surface area contributed by atoms with Crippen LogP contribution in [0.1, 0.15) is 89.6 Å². The molecule has 3 fully saturated rings. The molecule has 3 amide bonds. The second kappa shape index (κ2) is 19.7. The number of carbonyl (C=O) groups is 4. The molecule has 1 aromatic heterocycles. The molecule has 15 heteroatoms. The topological polar surface area (TPSA) is 146 Å². The molecule has 1 aliphatic carbocycles. The van der Waals surface area contributed by atoms with Crippen molar-refractivity contribution in [3.05, 3.63) is 99.7 Å². The summed E-state index contributed by atoms with van der Waals surface area (Å²) in [5.74, 6) is -2.74. The van der Waals surface area contributed by atoms with Crippen LogP contribution >= 0.6 is 23.2 Å². The van der Waals surface area contributed by atoms with Crippen LogP contribution in [-0.2, 0) is 45.7 Å². The molecule has 3 heterocycles. The number of amides is 3. The van der Waals surface area contributed by atoms with E-state index in [4.69, 9.17) is 27.9 Å². The minimum atomic E-state index is -1.17. The van der Waals surface area contributed by atoms with Crippen molar-refractivity contribution in [2.24, 2.45) is 24.8 Å². The lowest BCUT2D eigenvalue weighted by atomic mass is 9.81. The third kappa shape index (κ3) is 11.5. The van der Waals surface area contributed by atoms with Gasteiger partial charge in [-0.15, -0.1) is 0 Å². The number of ketones is 1. The number of benzene rings is 3. The highest BCUT2D eigenvalue weighted by molar-refractivity contribution is 6.31. The summed E-state index contributed by atoms with van der Waals surface area (Å²) in [6.45, 7) is 8.03. The van der Waals surface area contributed by atoms with Crippen LogP contribution in [0.2, 0.25) is 10.0 Å². The number of hydrogen-bond acceptors (Lipinski definition) is 8. The van der Waals surface area contributed by atoms with E-state index >= 15 is 4.39 Å². The van der Waals surface area contributed by atoms with Crippen molar-refractivity contribution >= 4 is 46.7 Å². The molecular weight excluding hydrogens is 858 g/mol. The molecule has 342 valence electrons. The highest BCUT2D eigenvalue weighted by Gasteiger charge is 2.44. The van der Waals surface area contributed by atoms with E-state index in [9.17, 15) is 24.3 Å². The van der Waals surface area contributed by atoms with Crippen molar-refractivity contribution in [3.8, 4) is 22.8 Å². The average molecular weight is 918 g/mol. The molecule has 3 aromatic carbocycles. The number of aliphatic hydroxyl groups is 1. The quantitative estimate of drug-likeness (QED) is 0.130. The second-order valence-electron chi connectivity index (χ2n) is 19.0. The fourth-order valence-corrected chi connectivity index (χ4v) is 9.21. The van der Waals surface area contributed by atoms with Gasteiger partial charge >= 0.3 is 0 Å². The molecule has 1 saturated carbocycles. The van der Waals surface area contributed by atoms with Crippen LogP contribution in [0.15, 0.2) is 66.9 Å². The molecule has 4 aromatic rings. The number of halogens is 3. The average Bonchev–Trinajstić information content (AvgIpc) is 3.99. The number of carbonyl (C=O) groups excluding carboxylic acids is 4. The Hall–Kier alpha value is -4.82. The minimum absolute atomic E-state index is 0.0187. The maximum atomic E-state index is 16.2. The van der Waals surface area contributed by atoms with Gasteiger partial charge in [0.2, 0.25) is 17.7 Å². The molecule has 2 saturated heterocycles. The smallest absolute Gasteiger partial charge is 0.226 e. The van der Waals surface area contributed by atoms with Gasteiger partial charge in [-0.1, -0.05) is 48.2 Å². The summed E-state index contributed by atoms with van der Waals surface area (Å²) in [5.41, 5.74) is 1.70. The number of nitrogens with zero attached hydrogens (tertiary/aromatic N) is 4. The summed E-state index contributed by atoms with van der Waals surface area (Å²) in [7, 11) is 1.95. The monoisotopic (exact) mass is 916 g/mol. The lowest BCUT2D eigenvalue weighted by molar-refractivity contribution is -0.148. The Morgan fingerprint density at radius 2 is 1.70 bits per heavy atom. The van der Waals surface area contributed by atoms with Crippen LogP contribution in [0.5, 0.6) is 11.5 Å². The summed E-state index contributed by atoms with van der Waals surface area (Å²) in [6, 6.07) is 16.0. The number of hydrogen-bond donors (Lipinski definition) is 3. The van der Waals surface area contributed by atoms with E-state index in [1.165, 1.54) is 17.9 Å². The Kier molecular flexibility index (Phi) is 14.5. The zero-order valence-corrected chi connectivity index (χ0v) is 38.8. The number of aliphatic hydroxyl groups excluding tert-OH is 1. The van der Waals surface area contributed by atoms with Crippen LogP contribution in [0.3, 0.4) is 0 Å². The van der Waals surface area contributed by atoms with Gasteiger partial charge < -0.3 is 34.8 Å². The molecule has 2 bridgehead atoms. The Morgan fingerprint density at radius 3 is 2.38 bits per heavy atom. The third-order valence-corrected chi connectivity index (χ3v) is 13.3. The number of fused-ring (bicyclic) bond motifs is 2. The summed E-state index contributed by atoms with van der Waals surface area (Å²) < 4.78 is 24.5. The van der Waals surface area contributed by atoms with Crippen molar-refractivity contribution in [1.29, 1.82) is 0 Å². The standard InChI is InChI=1S/C49H59Cl2FN6O6/c1-30-42(60)20-35(28-59)46(62)55-49(24-32-9-13-36(50)14-10-32)17-6-18-57(29-49)47(63)34(19-31-7-8-31)21-45(61)58(30)27-39-40(52)22-37(51)23-43(39)64-38-15-11-33(12-16-38)41-25-53-44(56(41)5)26-54-48(2,3)4/h9-16,22-23,25,30-31,34-35,54,59H,6-8,17-21,24,26-29H2,1-5H3,(H,55,62)/t30-,34+,35-,49+/m0/s1. The number of ether oxygens (including phenoxy) is 1. The molecule has 0 spiro atoms. The first-order valence-corrected chi connectivity index (χ1v) is 23.0. The number of imidazole rings is 1. The lowest BCUT2D eigenvalue weighted by Crippen LogP contribution is -2.63. The van der Waals surface area contributed by atoms with Crippen LogP contribution < -0.4 is 15.4 Å². The Bertz CT molecular complexity index is 2350. The predicted molar refractivity (Wildman–Crippen MR) is 244 cm³/mol. The zero-order chi connectivity index (χ0) is 45.9. The Balaban J connectivity index is 1.17. The third-order valence-electron chi connectivity index (χ3n) is 12.8. The zero-order valence-electron chi connectivity index (χ0n) is 37.3. The number of Topliss-reactive ketones (excluding diaryl/α,β-unsaturated/α-hetero) is 1. The fourth-order valence-electron chi connectivity index (χ4n) is 8.89. The summed E-state index contributed by atoms with van der Waals surface area (Å²) in [4.78, 5) is 65.4. The van der Waals surface area contributed by atoms with Crippen LogP contribution in [0, 0.1) is 23.6 Å². The van der Waals surface area contributed by atoms with E-state index in [2.05, 4.69) is 36.4 Å². The van der Waals surface area contributed by atoms with E-state index < -0.39 is 60.0 Å². The van der Waals surface area contributed by atoms with Gasteiger partial charge in [0.15, 0.2) is 5.78 Å². The van der Waals surface area contributed by atoms with Gasteiger partial charge in [-0.3, -0.25) is 19.2 Å². The highest BCUT2D eigenvalue weighted by atomic mass is 35.5. The Labute approximate surface area is 384 Å². The largest absolute Gasteiger partial charge is 0.457 e. The van der Waals surface area contributed by atoms with Gasteiger partial charge in [-0.2, -0.15) is 0 Å². The Morgan fingerprint density at radius 1 is 0.984 bits per heavy atom. The van der Waals surface area contributed by atoms with Crippen molar-refractivity contribution in [1.82, 2.24) is 30.0 Å². The highest BCUT2D eigenvalue weighted by Crippen LogP contribution is 2.39. The van der Waals surface area contributed by atoms with Gasteiger partial charge in [0.1, 0.15) is 23.1 Å². The molecule has 4 atom stereocenters. The van der Waals surface area contributed by atoms with Crippen molar-refractivity contribution in [3.63, 3.8) is 0 Å². The summed E-state index contributed by atoms with van der Waals surface area (Å²) in [5, 5.41) is 17.8. The molecule has 64 heavy (non-hydrogen) atoms. The van der Waals surface area contributed by atoms with E-state index in [-0.39, 0.29) is 53.1 Å². The molecule has 2 aliphatic heterocycles. The summed E-state index contributed by atoms with van der Waals surface area (Å²) in [6.07, 6.45) is 5.18. The van der Waals surface area contributed by atoms with Gasteiger partial charge in [-0.25, -0.2) is 9.37 Å². The molecule has 0 radical (unpaired) electrons. The first-order chi connectivity index (χ1) is 30.4. The van der Waals surface area contributed by atoms with Gasteiger partial charge in [0.25, 0.3) is 0 Å². The fraction of sp³-hybridized carbons (Fsp3) is 0.490. The SMILES string of the molecule is C[C@H]1C(=O)C[C@@H](CO)C(=O)N[C@@]2(Cc3ccc(Cl)cc3)CCCN(C2)C(=O)[C@H](CC2CC2)CC(=O)N1Cc1c(F)cc(Cl)cc1Oc1ccc(-c2cnc(CNC(C)(C)C)n2C)cc1.